The predicted molar refractivity (Wildman–Crippen MR) is 267 cm³/mol. The first-order valence-corrected chi connectivity index (χ1v) is 21.7. The summed E-state index contributed by atoms with van der Waals surface area (Å²) in [5.74, 6) is 0. The fourth-order valence-corrected chi connectivity index (χ4v) is 9.11. The van der Waals surface area contributed by atoms with Crippen LogP contribution < -0.4 is 9.80 Å². The molecule has 0 bridgehead atoms. The molecule has 12 aromatic rings. The third-order valence-electron chi connectivity index (χ3n) is 12.3. The van der Waals surface area contributed by atoms with E-state index in [1.54, 1.807) is 0 Å². The number of hydrogen-bond donors (Lipinski definition) is 0. The van der Waals surface area contributed by atoms with Crippen molar-refractivity contribution in [3.8, 4) is 33.4 Å². The first-order valence-electron chi connectivity index (χ1n) is 21.7. The van der Waals surface area contributed by atoms with E-state index < -0.39 is 0 Å². The van der Waals surface area contributed by atoms with E-state index in [1.165, 1.54) is 22.3 Å². The Labute approximate surface area is 371 Å². The molecule has 0 atom stereocenters. The molecule has 10 aromatic carbocycles. The molecule has 302 valence electrons. The molecule has 0 saturated heterocycles. The Morgan fingerprint density at radius 1 is 0.234 bits per heavy atom. The normalized spacial score (nSPS) is 11.4. The number of rotatable bonds is 9. The summed E-state index contributed by atoms with van der Waals surface area (Å²) in [5, 5.41) is 4.34. The van der Waals surface area contributed by atoms with Crippen LogP contribution in [0, 0.1) is 0 Å². The number of hydrogen-bond acceptors (Lipinski definition) is 4. The van der Waals surface area contributed by atoms with Crippen molar-refractivity contribution >= 4 is 78.0 Å². The minimum Gasteiger partial charge on any atom is -0.456 e. The summed E-state index contributed by atoms with van der Waals surface area (Å²) in [7, 11) is 0. The predicted octanol–water partition coefficient (Wildman–Crippen LogP) is 17.4. The van der Waals surface area contributed by atoms with Crippen LogP contribution >= 0.6 is 0 Å². The van der Waals surface area contributed by atoms with Crippen LogP contribution in [-0.4, -0.2) is 0 Å². The molecule has 64 heavy (non-hydrogen) atoms. The van der Waals surface area contributed by atoms with Gasteiger partial charge in [-0.05, 0) is 118 Å². The van der Waals surface area contributed by atoms with Gasteiger partial charge in [-0.15, -0.1) is 0 Å². The zero-order chi connectivity index (χ0) is 42.4. The summed E-state index contributed by atoms with van der Waals surface area (Å²) < 4.78 is 12.9. The number of benzene rings is 10. The number of fused-ring (bicyclic) bond motifs is 6. The fourth-order valence-electron chi connectivity index (χ4n) is 9.11. The summed E-state index contributed by atoms with van der Waals surface area (Å²) in [5.41, 5.74) is 16.7. The fraction of sp³-hybridized carbons (Fsp3) is 0. The van der Waals surface area contributed by atoms with Gasteiger partial charge in [0.25, 0.3) is 0 Å². The van der Waals surface area contributed by atoms with Crippen LogP contribution in [-0.2, 0) is 0 Å². The maximum absolute atomic E-state index is 6.63. The molecule has 2 aromatic heterocycles. The first-order chi connectivity index (χ1) is 31.7. The van der Waals surface area contributed by atoms with E-state index in [2.05, 4.69) is 228 Å². The number of anilines is 6. The number of para-hydroxylation sites is 3. The maximum Gasteiger partial charge on any atom is 0.159 e. The molecule has 0 unspecified atom stereocenters. The summed E-state index contributed by atoms with van der Waals surface area (Å²) >= 11 is 0. The van der Waals surface area contributed by atoms with E-state index in [-0.39, 0.29) is 0 Å². The highest BCUT2D eigenvalue weighted by Crippen LogP contribution is 2.44. The largest absolute Gasteiger partial charge is 0.456 e. The van der Waals surface area contributed by atoms with Gasteiger partial charge >= 0.3 is 0 Å². The minimum atomic E-state index is 0.842. The second kappa shape index (κ2) is 15.7. The lowest BCUT2D eigenvalue weighted by atomic mass is 10.0. The monoisotopic (exact) mass is 820 g/mol. The van der Waals surface area contributed by atoms with Crippen LogP contribution in [0.2, 0.25) is 0 Å². The highest BCUT2D eigenvalue weighted by atomic mass is 16.3. The smallest absolute Gasteiger partial charge is 0.159 e. The summed E-state index contributed by atoms with van der Waals surface area (Å²) in [6, 6.07) is 85.8. The third-order valence-corrected chi connectivity index (χ3v) is 12.3. The Morgan fingerprint density at radius 2 is 0.609 bits per heavy atom. The lowest BCUT2D eigenvalue weighted by Crippen LogP contribution is -2.10. The molecule has 0 saturated carbocycles. The SMILES string of the molecule is c1ccc(-c2ccc(N(c3ccc(-c4ccccc4)cc3)c3ccc(-c4ccc(N(c5ccc6oc7ccccc7c6c5)c5cccc6c5oc5ccccc56)cc4)cc3)cc2)cc1. The van der Waals surface area contributed by atoms with Crippen LogP contribution in [0.3, 0.4) is 0 Å². The van der Waals surface area contributed by atoms with Crippen LogP contribution in [0.4, 0.5) is 34.1 Å². The van der Waals surface area contributed by atoms with Gasteiger partial charge in [0.1, 0.15) is 16.7 Å². The van der Waals surface area contributed by atoms with Gasteiger partial charge in [0.2, 0.25) is 0 Å². The molecule has 0 aliphatic rings. The highest BCUT2D eigenvalue weighted by Gasteiger charge is 2.21. The van der Waals surface area contributed by atoms with E-state index in [1.807, 2.05) is 24.3 Å². The molecule has 0 aliphatic heterocycles. The van der Waals surface area contributed by atoms with E-state index in [0.29, 0.717) is 0 Å². The molecule has 2 heterocycles. The van der Waals surface area contributed by atoms with Crippen LogP contribution in [0.25, 0.3) is 77.3 Å². The molecule has 0 aliphatic carbocycles. The Balaban J connectivity index is 0.913. The first kappa shape index (κ1) is 37.2. The molecule has 4 nitrogen and oxygen atoms in total. The standard InChI is InChI=1S/C60H40N2O2/c1-3-12-41(13-4-1)43-22-30-47(31-23-43)61(48-32-24-44(25-33-48)42-14-5-2-6-15-42)49-34-26-45(27-35-49)46-28-36-50(37-29-46)62(51-38-39-59-55(40-51)53-17-8-9-20-57(53)63-59)56-19-11-18-54-52-16-7-10-21-58(52)64-60(54)56/h1-40H. The van der Waals surface area contributed by atoms with Crippen molar-refractivity contribution in [1.29, 1.82) is 0 Å². The second-order valence-electron chi connectivity index (χ2n) is 16.1. The zero-order valence-electron chi connectivity index (χ0n) is 34.8. The average molecular weight is 821 g/mol. The Morgan fingerprint density at radius 3 is 1.12 bits per heavy atom. The third kappa shape index (κ3) is 6.66. The van der Waals surface area contributed by atoms with Crippen molar-refractivity contribution in [1.82, 2.24) is 0 Å². The summed E-state index contributed by atoms with van der Waals surface area (Å²) in [4.78, 5) is 4.62. The van der Waals surface area contributed by atoms with Gasteiger partial charge in [0, 0.05) is 50.0 Å². The highest BCUT2D eigenvalue weighted by molar-refractivity contribution is 6.11. The van der Waals surface area contributed by atoms with Crippen molar-refractivity contribution in [3.63, 3.8) is 0 Å². The Hall–Kier alpha value is -8.60. The van der Waals surface area contributed by atoms with E-state index in [0.717, 1.165) is 89.1 Å². The Kier molecular flexibility index (Phi) is 9.12. The van der Waals surface area contributed by atoms with Gasteiger partial charge in [-0.1, -0.05) is 158 Å². The molecular weight excluding hydrogens is 781 g/mol. The second-order valence-corrected chi connectivity index (χ2v) is 16.1. The summed E-state index contributed by atoms with van der Waals surface area (Å²) in [6.45, 7) is 0. The molecule has 0 spiro atoms. The molecule has 12 rings (SSSR count). The molecule has 0 amide bonds. The quantitative estimate of drug-likeness (QED) is 0.145. The van der Waals surface area contributed by atoms with Crippen molar-refractivity contribution < 1.29 is 8.83 Å². The summed E-state index contributed by atoms with van der Waals surface area (Å²) in [6.07, 6.45) is 0. The lowest BCUT2D eigenvalue weighted by molar-refractivity contribution is 0.669. The molecule has 0 fully saturated rings. The van der Waals surface area contributed by atoms with Crippen molar-refractivity contribution in [3.05, 3.63) is 243 Å². The molecule has 0 N–H and O–H groups in total. The maximum atomic E-state index is 6.63. The van der Waals surface area contributed by atoms with Crippen LogP contribution in [0.15, 0.2) is 251 Å². The van der Waals surface area contributed by atoms with Gasteiger partial charge in [0.15, 0.2) is 5.58 Å². The van der Waals surface area contributed by atoms with Gasteiger partial charge in [-0.2, -0.15) is 0 Å². The van der Waals surface area contributed by atoms with Crippen LogP contribution in [0.5, 0.6) is 0 Å². The van der Waals surface area contributed by atoms with Crippen molar-refractivity contribution in [2.75, 3.05) is 9.80 Å². The molecular formula is C60H40N2O2. The Bertz CT molecular complexity index is 3490. The lowest BCUT2D eigenvalue weighted by Gasteiger charge is -2.26. The van der Waals surface area contributed by atoms with Gasteiger partial charge in [-0.3, -0.25) is 0 Å². The van der Waals surface area contributed by atoms with Gasteiger partial charge in [-0.25, -0.2) is 0 Å². The molecule has 0 radical (unpaired) electrons. The number of furan rings is 2. The van der Waals surface area contributed by atoms with E-state index in [9.17, 15) is 0 Å². The molecule has 4 heteroatoms. The average Bonchev–Trinajstić information content (AvgIpc) is 3.95. The van der Waals surface area contributed by atoms with Crippen molar-refractivity contribution in [2.24, 2.45) is 0 Å². The van der Waals surface area contributed by atoms with Gasteiger partial charge in [0.05, 0.1) is 5.69 Å². The zero-order valence-corrected chi connectivity index (χ0v) is 34.8. The van der Waals surface area contributed by atoms with Gasteiger partial charge < -0.3 is 18.6 Å². The topological polar surface area (TPSA) is 32.8 Å². The van der Waals surface area contributed by atoms with Crippen molar-refractivity contribution in [2.45, 2.75) is 0 Å². The van der Waals surface area contributed by atoms with E-state index >= 15 is 0 Å². The van der Waals surface area contributed by atoms with E-state index in [4.69, 9.17) is 8.83 Å². The minimum absolute atomic E-state index is 0.842. The number of nitrogens with zero attached hydrogens (tertiary/aromatic N) is 2. The van der Waals surface area contributed by atoms with Crippen LogP contribution in [0.1, 0.15) is 0 Å².